The van der Waals surface area contributed by atoms with Crippen molar-refractivity contribution in [2.24, 2.45) is 5.10 Å². The summed E-state index contributed by atoms with van der Waals surface area (Å²) in [7, 11) is 3.13. The number of carbonyl (C=O) groups is 1. The molecular weight excluding hydrogens is 400 g/mol. The third kappa shape index (κ3) is 5.66. The van der Waals surface area contributed by atoms with Crippen LogP contribution in [-0.4, -0.2) is 36.6 Å². The lowest BCUT2D eigenvalue weighted by atomic mass is 10.2. The Kier molecular flexibility index (Phi) is 6.95. The zero-order valence-corrected chi connectivity index (χ0v) is 17.0. The number of hydrazone groups is 1. The first-order chi connectivity index (χ1) is 15.0. The van der Waals surface area contributed by atoms with E-state index < -0.39 is 5.91 Å². The van der Waals surface area contributed by atoms with Gasteiger partial charge >= 0.3 is 0 Å². The number of nitrogens with zero attached hydrogens (tertiary/aromatic N) is 1. The molecule has 0 aliphatic heterocycles. The molecule has 0 fully saturated rings. The van der Waals surface area contributed by atoms with E-state index in [0.717, 1.165) is 17.4 Å². The molecule has 0 spiro atoms. The molecular formula is C23H22N2O6. The molecule has 31 heavy (non-hydrogen) atoms. The van der Waals surface area contributed by atoms with Gasteiger partial charge in [0.2, 0.25) is 0 Å². The number of rotatable bonds is 8. The van der Waals surface area contributed by atoms with Crippen LogP contribution in [0.2, 0.25) is 0 Å². The summed E-state index contributed by atoms with van der Waals surface area (Å²) < 4.78 is 16.6. The predicted molar refractivity (Wildman–Crippen MR) is 115 cm³/mol. The lowest BCUT2D eigenvalue weighted by Gasteiger charge is -2.13. The number of methoxy groups -OCH3 is 2. The van der Waals surface area contributed by atoms with E-state index in [0.29, 0.717) is 17.1 Å². The van der Waals surface area contributed by atoms with E-state index in [1.54, 1.807) is 25.3 Å². The fourth-order valence-corrected chi connectivity index (χ4v) is 2.82. The summed E-state index contributed by atoms with van der Waals surface area (Å²) >= 11 is 0. The number of ether oxygens (including phenoxy) is 3. The molecule has 3 aromatic carbocycles. The van der Waals surface area contributed by atoms with Crippen molar-refractivity contribution in [2.75, 3.05) is 14.2 Å². The number of hydrogen-bond donors (Lipinski definition) is 3. The van der Waals surface area contributed by atoms with E-state index in [-0.39, 0.29) is 23.7 Å². The van der Waals surface area contributed by atoms with Crippen LogP contribution < -0.4 is 19.6 Å². The number of phenols is 2. The number of benzene rings is 3. The van der Waals surface area contributed by atoms with Gasteiger partial charge in [-0.25, -0.2) is 5.43 Å². The zero-order valence-electron chi connectivity index (χ0n) is 17.0. The highest BCUT2D eigenvalue weighted by molar-refractivity contribution is 5.96. The summed E-state index contributed by atoms with van der Waals surface area (Å²) in [5, 5.41) is 23.0. The quantitative estimate of drug-likeness (QED) is 0.379. The van der Waals surface area contributed by atoms with Gasteiger partial charge in [-0.3, -0.25) is 4.79 Å². The maximum absolute atomic E-state index is 12.2. The van der Waals surface area contributed by atoms with Gasteiger partial charge in [-0.15, -0.1) is 0 Å². The van der Waals surface area contributed by atoms with E-state index in [4.69, 9.17) is 14.2 Å². The largest absolute Gasteiger partial charge is 0.508 e. The maximum Gasteiger partial charge on any atom is 0.271 e. The minimum Gasteiger partial charge on any atom is -0.508 e. The molecule has 0 unspecified atom stereocenters. The van der Waals surface area contributed by atoms with Crippen molar-refractivity contribution in [3.63, 3.8) is 0 Å². The molecule has 3 N–H and O–H groups in total. The van der Waals surface area contributed by atoms with Crippen LogP contribution in [-0.2, 0) is 6.61 Å². The molecule has 0 bridgehead atoms. The van der Waals surface area contributed by atoms with E-state index in [1.807, 2.05) is 24.3 Å². The number of hydrogen-bond acceptors (Lipinski definition) is 7. The summed E-state index contributed by atoms with van der Waals surface area (Å²) in [5.41, 5.74) is 3.91. The molecule has 8 nitrogen and oxygen atoms in total. The van der Waals surface area contributed by atoms with Crippen molar-refractivity contribution in [2.45, 2.75) is 6.61 Å². The predicted octanol–water partition coefficient (Wildman–Crippen LogP) is 3.46. The summed E-state index contributed by atoms with van der Waals surface area (Å²) in [6.07, 6.45) is 1.42. The van der Waals surface area contributed by atoms with Crippen molar-refractivity contribution in [1.82, 2.24) is 5.43 Å². The monoisotopic (exact) mass is 422 g/mol. The van der Waals surface area contributed by atoms with Crippen LogP contribution in [0.5, 0.6) is 28.7 Å². The minimum atomic E-state index is -0.593. The number of phenolic OH excluding ortho intramolecular Hbond substituents is 2. The topological polar surface area (TPSA) is 110 Å². The molecule has 0 aliphatic rings. The Bertz CT molecular complexity index is 1080. The van der Waals surface area contributed by atoms with E-state index in [1.165, 1.54) is 25.5 Å². The van der Waals surface area contributed by atoms with Gasteiger partial charge in [-0.2, -0.15) is 5.10 Å². The van der Waals surface area contributed by atoms with Gasteiger partial charge in [0, 0.05) is 17.2 Å². The van der Waals surface area contributed by atoms with E-state index >= 15 is 0 Å². The highest BCUT2D eigenvalue weighted by Crippen LogP contribution is 2.31. The van der Waals surface area contributed by atoms with Crippen molar-refractivity contribution >= 4 is 12.1 Å². The fraction of sp³-hybridized carbons (Fsp3) is 0.130. The fourth-order valence-electron chi connectivity index (χ4n) is 2.82. The zero-order chi connectivity index (χ0) is 22.2. The Balaban J connectivity index is 1.75. The van der Waals surface area contributed by atoms with E-state index in [2.05, 4.69) is 10.5 Å². The lowest BCUT2D eigenvalue weighted by Crippen LogP contribution is -2.17. The average molecular weight is 422 g/mol. The number of nitrogens with one attached hydrogen (secondary N) is 1. The molecule has 8 heteroatoms. The second kappa shape index (κ2) is 10.0. The number of aromatic hydroxyl groups is 2. The molecule has 0 saturated carbocycles. The van der Waals surface area contributed by atoms with E-state index in [9.17, 15) is 15.0 Å². The van der Waals surface area contributed by atoms with Crippen LogP contribution in [0.3, 0.4) is 0 Å². The summed E-state index contributed by atoms with van der Waals surface area (Å²) in [6, 6.07) is 16.4. The Labute approximate surface area is 179 Å². The molecule has 0 saturated heterocycles. The van der Waals surface area contributed by atoms with Crippen LogP contribution >= 0.6 is 0 Å². The minimum absolute atomic E-state index is 0.0646. The van der Waals surface area contributed by atoms with Gasteiger partial charge in [-0.1, -0.05) is 18.2 Å². The van der Waals surface area contributed by atoms with Crippen LogP contribution in [0.4, 0.5) is 0 Å². The molecule has 3 aromatic rings. The van der Waals surface area contributed by atoms with Crippen molar-refractivity contribution in [1.29, 1.82) is 0 Å². The van der Waals surface area contributed by atoms with Crippen molar-refractivity contribution in [3.8, 4) is 28.7 Å². The van der Waals surface area contributed by atoms with Crippen molar-refractivity contribution < 1.29 is 29.2 Å². The standard InChI is InChI=1S/C23H22N2O6/c1-29-20-7-3-5-15(9-20)14-31-22-16(6-4-8-21(22)30-2)13-24-25-23(28)17-10-18(26)12-19(27)11-17/h3-13,26-27H,14H2,1-2H3,(H,25,28). The number of carbonyl (C=O) groups excluding carboxylic acids is 1. The Morgan fingerprint density at radius 1 is 1.00 bits per heavy atom. The second-order valence-corrected chi connectivity index (χ2v) is 6.46. The number of amides is 1. The highest BCUT2D eigenvalue weighted by atomic mass is 16.5. The molecule has 1 amide bonds. The average Bonchev–Trinajstić information content (AvgIpc) is 2.77. The lowest BCUT2D eigenvalue weighted by molar-refractivity contribution is 0.0954. The molecule has 160 valence electrons. The van der Waals surface area contributed by atoms with Gasteiger partial charge in [0.05, 0.1) is 20.4 Å². The Hall–Kier alpha value is -4.20. The second-order valence-electron chi connectivity index (χ2n) is 6.46. The SMILES string of the molecule is COc1cccc(COc2c(C=NNC(=O)c3cc(O)cc(O)c3)cccc2OC)c1. The molecule has 0 aliphatic carbocycles. The van der Waals surface area contributed by atoms with Gasteiger partial charge < -0.3 is 24.4 Å². The van der Waals surface area contributed by atoms with Gasteiger partial charge in [-0.05, 0) is 42.0 Å². The third-order valence-electron chi connectivity index (χ3n) is 4.28. The summed E-state index contributed by atoms with van der Waals surface area (Å²) in [4.78, 5) is 12.2. The van der Waals surface area contributed by atoms with Crippen molar-refractivity contribution in [3.05, 3.63) is 77.4 Å². The summed E-state index contributed by atoms with van der Waals surface area (Å²) in [5.74, 6) is 0.648. The summed E-state index contributed by atoms with van der Waals surface area (Å²) in [6.45, 7) is 0.271. The molecule has 0 atom stereocenters. The number of para-hydroxylation sites is 1. The highest BCUT2D eigenvalue weighted by Gasteiger charge is 2.11. The van der Waals surface area contributed by atoms with Crippen LogP contribution in [0, 0.1) is 0 Å². The third-order valence-corrected chi connectivity index (χ3v) is 4.28. The molecule has 0 aromatic heterocycles. The van der Waals surface area contributed by atoms with Gasteiger partial charge in [0.1, 0.15) is 23.9 Å². The maximum atomic E-state index is 12.2. The van der Waals surface area contributed by atoms with Crippen LogP contribution in [0.15, 0.2) is 65.8 Å². The van der Waals surface area contributed by atoms with Crippen LogP contribution in [0.1, 0.15) is 21.5 Å². The Morgan fingerprint density at radius 3 is 2.45 bits per heavy atom. The first-order valence-corrected chi connectivity index (χ1v) is 9.29. The van der Waals surface area contributed by atoms with Gasteiger partial charge in [0.15, 0.2) is 11.5 Å². The van der Waals surface area contributed by atoms with Gasteiger partial charge in [0.25, 0.3) is 5.91 Å². The van der Waals surface area contributed by atoms with Crippen LogP contribution in [0.25, 0.3) is 0 Å². The Morgan fingerprint density at radius 2 is 1.74 bits per heavy atom. The molecule has 0 heterocycles. The molecule has 3 rings (SSSR count). The normalized spacial score (nSPS) is 10.6. The first kappa shape index (κ1) is 21.5. The molecule has 0 radical (unpaired) electrons. The smallest absolute Gasteiger partial charge is 0.271 e. The first-order valence-electron chi connectivity index (χ1n) is 9.29.